The second-order valence-corrected chi connectivity index (χ2v) is 6.63. The van der Waals surface area contributed by atoms with E-state index in [1.807, 2.05) is 41.9 Å². The van der Waals surface area contributed by atoms with Crippen molar-refractivity contribution in [3.8, 4) is 11.4 Å². The third kappa shape index (κ3) is 4.79. The third-order valence-corrected chi connectivity index (χ3v) is 4.72. The Bertz CT molecular complexity index is 812. The molecule has 1 aliphatic heterocycles. The molecule has 3 rings (SSSR count). The summed E-state index contributed by atoms with van der Waals surface area (Å²) in [6.45, 7) is 3.47. The van der Waals surface area contributed by atoms with Crippen LogP contribution in [-0.4, -0.2) is 50.7 Å². The van der Waals surface area contributed by atoms with Gasteiger partial charge in [-0.25, -0.2) is 14.5 Å². The van der Waals surface area contributed by atoms with Gasteiger partial charge in [-0.05, 0) is 19.8 Å². The van der Waals surface area contributed by atoms with E-state index in [0.29, 0.717) is 38.3 Å². The fourth-order valence-corrected chi connectivity index (χ4v) is 3.24. The van der Waals surface area contributed by atoms with E-state index in [2.05, 4.69) is 15.4 Å². The fourth-order valence-electron chi connectivity index (χ4n) is 3.24. The molecule has 9 nitrogen and oxygen atoms in total. The van der Waals surface area contributed by atoms with Gasteiger partial charge in [-0.1, -0.05) is 30.3 Å². The first-order chi connectivity index (χ1) is 13.0. The van der Waals surface area contributed by atoms with Crippen LogP contribution >= 0.6 is 12.4 Å². The van der Waals surface area contributed by atoms with Crippen LogP contribution in [0.25, 0.3) is 11.4 Å². The van der Waals surface area contributed by atoms with Gasteiger partial charge in [0.25, 0.3) is 0 Å². The maximum absolute atomic E-state index is 12.8. The van der Waals surface area contributed by atoms with Crippen molar-refractivity contribution in [3.63, 3.8) is 0 Å². The summed E-state index contributed by atoms with van der Waals surface area (Å²) >= 11 is 0. The van der Waals surface area contributed by atoms with Gasteiger partial charge in [0.15, 0.2) is 5.82 Å². The topological polar surface area (TPSA) is 132 Å². The number of hydrogen-bond donors (Lipinski definition) is 3. The third-order valence-electron chi connectivity index (χ3n) is 4.72. The van der Waals surface area contributed by atoms with Gasteiger partial charge in [-0.15, -0.1) is 12.4 Å². The molecule has 2 heterocycles. The molecule has 10 heteroatoms. The van der Waals surface area contributed by atoms with Crippen molar-refractivity contribution in [2.24, 2.45) is 11.5 Å². The molecule has 0 spiro atoms. The molecular formula is C18H26ClN7O2. The Morgan fingerprint density at radius 1 is 1.29 bits per heavy atom. The molecule has 1 aromatic heterocycles. The van der Waals surface area contributed by atoms with Crippen LogP contribution in [0.5, 0.6) is 0 Å². The molecule has 0 saturated heterocycles. The zero-order chi connectivity index (χ0) is 19.4. The number of aromatic nitrogens is 3. The highest BCUT2D eigenvalue weighted by atomic mass is 35.5. The summed E-state index contributed by atoms with van der Waals surface area (Å²) in [4.78, 5) is 29.8. The molecule has 0 fully saturated rings. The van der Waals surface area contributed by atoms with Gasteiger partial charge in [0.1, 0.15) is 5.82 Å². The molecule has 0 bridgehead atoms. The second kappa shape index (κ2) is 9.52. The van der Waals surface area contributed by atoms with Crippen molar-refractivity contribution in [1.82, 2.24) is 25.0 Å². The van der Waals surface area contributed by atoms with Crippen molar-refractivity contribution in [3.05, 3.63) is 36.2 Å². The minimum absolute atomic E-state index is 0. The van der Waals surface area contributed by atoms with E-state index in [4.69, 9.17) is 11.5 Å². The highest BCUT2D eigenvalue weighted by Gasteiger charge is 2.32. The number of nitrogens with one attached hydrogen (secondary N) is 1. The molecule has 0 unspecified atom stereocenters. The standard InChI is InChI=1S/C18H25N7O2.ClH/c1-12-16-22-15(13-6-3-2-4-7-13)23-25(16)11-10-24(12)17(26)14(19)8-5-9-21-18(20)27;/h2-4,6-7,12,14H,5,8-11,19H2,1H3,(H3,20,21,27);1H/t12-,14-;/m0./s1. The Labute approximate surface area is 169 Å². The van der Waals surface area contributed by atoms with Crippen LogP contribution in [0.15, 0.2) is 30.3 Å². The molecule has 5 N–H and O–H groups in total. The molecule has 0 aliphatic carbocycles. The number of nitrogens with two attached hydrogens (primary N) is 2. The molecule has 28 heavy (non-hydrogen) atoms. The van der Waals surface area contributed by atoms with Crippen molar-refractivity contribution in [2.75, 3.05) is 13.1 Å². The molecular weight excluding hydrogens is 382 g/mol. The average Bonchev–Trinajstić information content (AvgIpc) is 3.11. The van der Waals surface area contributed by atoms with Gasteiger partial charge in [0.05, 0.1) is 18.6 Å². The van der Waals surface area contributed by atoms with Crippen LogP contribution in [0.1, 0.15) is 31.6 Å². The predicted molar refractivity (Wildman–Crippen MR) is 108 cm³/mol. The quantitative estimate of drug-likeness (QED) is 0.615. The largest absolute Gasteiger partial charge is 0.352 e. The molecule has 3 amide bonds. The lowest BCUT2D eigenvalue weighted by atomic mass is 10.1. The van der Waals surface area contributed by atoms with E-state index in [1.54, 1.807) is 4.90 Å². The summed E-state index contributed by atoms with van der Waals surface area (Å²) in [7, 11) is 0. The second-order valence-electron chi connectivity index (χ2n) is 6.63. The lowest BCUT2D eigenvalue weighted by Gasteiger charge is -2.34. The number of carbonyl (C=O) groups excluding carboxylic acids is 2. The summed E-state index contributed by atoms with van der Waals surface area (Å²) in [6.07, 6.45) is 1.07. The molecule has 152 valence electrons. The summed E-state index contributed by atoms with van der Waals surface area (Å²) in [5.74, 6) is 1.31. The number of fused-ring (bicyclic) bond motifs is 1. The maximum Gasteiger partial charge on any atom is 0.312 e. The maximum atomic E-state index is 12.8. The van der Waals surface area contributed by atoms with Crippen molar-refractivity contribution in [2.45, 2.75) is 38.4 Å². The first kappa shape index (κ1) is 21.6. The lowest BCUT2D eigenvalue weighted by Crippen LogP contribution is -2.49. The van der Waals surface area contributed by atoms with Crippen LogP contribution < -0.4 is 16.8 Å². The van der Waals surface area contributed by atoms with E-state index in [0.717, 1.165) is 11.4 Å². The van der Waals surface area contributed by atoms with Crippen LogP contribution in [0.4, 0.5) is 4.79 Å². The fraction of sp³-hybridized carbons (Fsp3) is 0.444. The Hall–Kier alpha value is -2.65. The minimum atomic E-state index is -0.620. The SMILES string of the molecule is C[C@H]1c2nc(-c3ccccc3)nn2CCN1C(=O)[C@@H](N)CCCNC(N)=O.Cl. The van der Waals surface area contributed by atoms with Gasteiger partial charge in [0, 0.05) is 18.7 Å². The number of rotatable bonds is 6. The van der Waals surface area contributed by atoms with E-state index in [9.17, 15) is 9.59 Å². The lowest BCUT2D eigenvalue weighted by molar-refractivity contribution is -0.136. The molecule has 0 radical (unpaired) electrons. The number of amides is 3. The molecule has 1 aliphatic rings. The minimum Gasteiger partial charge on any atom is -0.352 e. The van der Waals surface area contributed by atoms with Crippen molar-refractivity contribution < 1.29 is 9.59 Å². The van der Waals surface area contributed by atoms with Crippen molar-refractivity contribution >= 4 is 24.3 Å². The summed E-state index contributed by atoms with van der Waals surface area (Å²) in [5.41, 5.74) is 12.0. The normalized spacial score (nSPS) is 16.6. The average molecular weight is 408 g/mol. The van der Waals surface area contributed by atoms with E-state index in [1.165, 1.54) is 0 Å². The Morgan fingerprint density at radius 2 is 2.00 bits per heavy atom. The predicted octanol–water partition coefficient (Wildman–Crippen LogP) is 1.05. The smallest absolute Gasteiger partial charge is 0.312 e. The van der Waals surface area contributed by atoms with Crippen LogP contribution in [-0.2, 0) is 11.3 Å². The zero-order valence-corrected chi connectivity index (χ0v) is 16.6. The molecule has 1 aromatic carbocycles. The van der Waals surface area contributed by atoms with Gasteiger partial charge >= 0.3 is 6.03 Å². The van der Waals surface area contributed by atoms with Crippen LogP contribution in [0, 0.1) is 0 Å². The monoisotopic (exact) mass is 407 g/mol. The number of primary amides is 1. The molecule has 2 aromatic rings. The van der Waals surface area contributed by atoms with Crippen LogP contribution in [0.2, 0.25) is 0 Å². The molecule has 0 saturated carbocycles. The van der Waals surface area contributed by atoms with Gasteiger partial charge in [0.2, 0.25) is 5.91 Å². The van der Waals surface area contributed by atoms with E-state index in [-0.39, 0.29) is 24.4 Å². The highest BCUT2D eigenvalue weighted by molar-refractivity contribution is 5.85. The van der Waals surface area contributed by atoms with E-state index >= 15 is 0 Å². The molecule has 2 atom stereocenters. The summed E-state index contributed by atoms with van der Waals surface area (Å²) in [5, 5.41) is 7.07. The number of urea groups is 1. The Morgan fingerprint density at radius 3 is 2.68 bits per heavy atom. The van der Waals surface area contributed by atoms with Gasteiger partial charge in [-0.2, -0.15) is 5.10 Å². The first-order valence-corrected chi connectivity index (χ1v) is 9.07. The number of halogens is 1. The number of nitrogens with zero attached hydrogens (tertiary/aromatic N) is 4. The van der Waals surface area contributed by atoms with Gasteiger partial charge in [-0.3, -0.25) is 4.79 Å². The van der Waals surface area contributed by atoms with E-state index < -0.39 is 12.1 Å². The number of benzene rings is 1. The first-order valence-electron chi connectivity index (χ1n) is 9.07. The number of carbonyl (C=O) groups is 2. The summed E-state index contributed by atoms with van der Waals surface area (Å²) in [6, 6.07) is 8.37. The zero-order valence-electron chi connectivity index (χ0n) is 15.7. The highest BCUT2D eigenvalue weighted by Crippen LogP contribution is 2.26. The summed E-state index contributed by atoms with van der Waals surface area (Å²) < 4.78 is 1.86. The Balaban J connectivity index is 0.00000280. The Kier molecular flexibility index (Phi) is 7.36. The van der Waals surface area contributed by atoms with Crippen molar-refractivity contribution in [1.29, 1.82) is 0 Å². The number of hydrogen-bond acceptors (Lipinski definition) is 5. The van der Waals surface area contributed by atoms with Crippen LogP contribution in [0.3, 0.4) is 0 Å². The van der Waals surface area contributed by atoms with Gasteiger partial charge < -0.3 is 21.7 Å².